The van der Waals surface area contributed by atoms with Crippen LogP contribution in [0.1, 0.15) is 43.2 Å². The van der Waals surface area contributed by atoms with Crippen LogP contribution in [0.4, 0.5) is 0 Å². The second kappa shape index (κ2) is 11.7. The third kappa shape index (κ3) is 6.64. The lowest BCUT2D eigenvalue weighted by Gasteiger charge is -2.15. The first kappa shape index (κ1) is 21.4. The van der Waals surface area contributed by atoms with E-state index in [1.54, 1.807) is 7.11 Å². The standard InChI is InChI=1S/C23H35N3O/c1-4-5-7-19(11-13-24)12-15-25-14-6-8-20-17-26-23-10-9-21(27-3)16-22(23)18(20)2/h4,9-10,16-17,19,25H,1,5-8,11-15,24H2,2-3H3. The molecule has 4 heteroatoms. The van der Waals surface area contributed by atoms with Crippen molar-refractivity contribution < 1.29 is 4.74 Å². The lowest BCUT2D eigenvalue weighted by molar-refractivity contribution is 0.415. The number of allylic oxidation sites excluding steroid dienone is 1. The summed E-state index contributed by atoms with van der Waals surface area (Å²) in [6.45, 7) is 8.88. The van der Waals surface area contributed by atoms with E-state index in [0.29, 0.717) is 5.92 Å². The Hall–Kier alpha value is -1.91. The molecule has 2 rings (SSSR count). The van der Waals surface area contributed by atoms with Crippen LogP contribution in [0.3, 0.4) is 0 Å². The van der Waals surface area contributed by atoms with Crippen molar-refractivity contribution >= 4 is 10.9 Å². The van der Waals surface area contributed by atoms with Crippen LogP contribution < -0.4 is 15.8 Å². The van der Waals surface area contributed by atoms with Crippen molar-refractivity contribution in [2.45, 2.75) is 45.4 Å². The van der Waals surface area contributed by atoms with Gasteiger partial charge < -0.3 is 15.8 Å². The molecule has 1 heterocycles. The molecule has 0 saturated carbocycles. The number of methoxy groups -OCH3 is 1. The summed E-state index contributed by atoms with van der Waals surface area (Å²) in [6.07, 6.45) is 10.8. The highest BCUT2D eigenvalue weighted by molar-refractivity contribution is 5.84. The SMILES string of the molecule is C=CCCC(CCN)CCNCCCc1cnc2ccc(OC)cc2c1C. The maximum atomic E-state index is 5.73. The number of hydrogen-bond donors (Lipinski definition) is 2. The van der Waals surface area contributed by atoms with Crippen molar-refractivity contribution in [3.63, 3.8) is 0 Å². The molecule has 1 atom stereocenters. The van der Waals surface area contributed by atoms with Gasteiger partial charge in [-0.1, -0.05) is 6.08 Å². The average Bonchev–Trinajstić information content (AvgIpc) is 2.69. The number of fused-ring (bicyclic) bond motifs is 1. The van der Waals surface area contributed by atoms with Crippen molar-refractivity contribution in [2.24, 2.45) is 11.7 Å². The van der Waals surface area contributed by atoms with E-state index >= 15 is 0 Å². The second-order valence-electron chi connectivity index (χ2n) is 7.24. The molecule has 0 aliphatic rings. The van der Waals surface area contributed by atoms with Crippen molar-refractivity contribution in [3.05, 3.63) is 48.2 Å². The molecule has 148 valence electrons. The van der Waals surface area contributed by atoms with Gasteiger partial charge in [-0.25, -0.2) is 0 Å². The van der Waals surface area contributed by atoms with Gasteiger partial charge in [0.25, 0.3) is 0 Å². The highest BCUT2D eigenvalue weighted by Crippen LogP contribution is 2.25. The predicted octanol–water partition coefficient (Wildman–Crippen LogP) is 4.40. The molecule has 0 fully saturated rings. The molecule has 0 amide bonds. The number of ether oxygens (including phenoxy) is 1. The van der Waals surface area contributed by atoms with Crippen LogP contribution in [0.5, 0.6) is 5.75 Å². The Balaban J connectivity index is 1.78. The Labute approximate surface area is 164 Å². The minimum Gasteiger partial charge on any atom is -0.497 e. The van der Waals surface area contributed by atoms with Crippen LogP contribution in [0, 0.1) is 12.8 Å². The zero-order chi connectivity index (χ0) is 19.5. The number of nitrogens with two attached hydrogens (primary N) is 1. The quantitative estimate of drug-likeness (QED) is 0.406. The van der Waals surface area contributed by atoms with Crippen LogP contribution >= 0.6 is 0 Å². The molecular formula is C23H35N3O. The Morgan fingerprint density at radius 3 is 2.85 bits per heavy atom. The van der Waals surface area contributed by atoms with Crippen molar-refractivity contribution in [1.29, 1.82) is 0 Å². The molecule has 0 aliphatic carbocycles. The van der Waals surface area contributed by atoms with E-state index in [4.69, 9.17) is 10.5 Å². The molecule has 4 nitrogen and oxygen atoms in total. The Bertz CT molecular complexity index is 714. The molecule has 3 N–H and O–H groups in total. The minimum absolute atomic E-state index is 0.711. The summed E-state index contributed by atoms with van der Waals surface area (Å²) in [6, 6.07) is 6.07. The summed E-state index contributed by atoms with van der Waals surface area (Å²) in [5.74, 6) is 1.59. The number of aryl methyl sites for hydroxylation is 2. The lowest BCUT2D eigenvalue weighted by atomic mass is 9.96. The highest BCUT2D eigenvalue weighted by Gasteiger charge is 2.08. The molecule has 27 heavy (non-hydrogen) atoms. The molecular weight excluding hydrogens is 334 g/mol. The van der Waals surface area contributed by atoms with Crippen molar-refractivity contribution in [1.82, 2.24) is 10.3 Å². The topological polar surface area (TPSA) is 60.2 Å². The van der Waals surface area contributed by atoms with Gasteiger partial charge in [-0.3, -0.25) is 4.98 Å². The molecule has 0 aliphatic heterocycles. The van der Waals surface area contributed by atoms with Gasteiger partial charge in [0, 0.05) is 11.6 Å². The molecule has 0 saturated heterocycles. The van der Waals surface area contributed by atoms with Crippen LogP contribution in [0.15, 0.2) is 37.1 Å². The number of pyridine rings is 1. The number of nitrogens with one attached hydrogen (secondary N) is 1. The fourth-order valence-electron chi connectivity index (χ4n) is 3.58. The van der Waals surface area contributed by atoms with Gasteiger partial charge in [-0.05, 0) is 100 Å². The van der Waals surface area contributed by atoms with E-state index in [-0.39, 0.29) is 0 Å². The summed E-state index contributed by atoms with van der Waals surface area (Å²) >= 11 is 0. The van der Waals surface area contributed by atoms with Gasteiger partial charge >= 0.3 is 0 Å². The monoisotopic (exact) mass is 369 g/mol. The van der Waals surface area contributed by atoms with Gasteiger partial charge in [0.05, 0.1) is 12.6 Å². The van der Waals surface area contributed by atoms with Crippen LogP contribution in [-0.4, -0.2) is 31.7 Å². The largest absolute Gasteiger partial charge is 0.497 e. The van der Waals surface area contributed by atoms with E-state index in [9.17, 15) is 0 Å². The second-order valence-corrected chi connectivity index (χ2v) is 7.24. The number of nitrogens with zero attached hydrogens (tertiary/aromatic N) is 1. The molecule has 1 aromatic heterocycles. The first-order chi connectivity index (χ1) is 13.2. The van der Waals surface area contributed by atoms with E-state index < -0.39 is 0 Å². The van der Waals surface area contributed by atoms with Crippen molar-refractivity contribution in [2.75, 3.05) is 26.7 Å². The molecule has 0 spiro atoms. The fraction of sp³-hybridized carbons (Fsp3) is 0.522. The maximum absolute atomic E-state index is 5.73. The van der Waals surface area contributed by atoms with Crippen molar-refractivity contribution in [3.8, 4) is 5.75 Å². The Morgan fingerprint density at radius 2 is 2.11 bits per heavy atom. The maximum Gasteiger partial charge on any atom is 0.119 e. The summed E-state index contributed by atoms with van der Waals surface area (Å²) in [5.41, 5.74) is 9.39. The minimum atomic E-state index is 0.711. The number of hydrogen-bond acceptors (Lipinski definition) is 4. The molecule has 0 bridgehead atoms. The average molecular weight is 370 g/mol. The van der Waals surface area contributed by atoms with Gasteiger partial charge in [-0.15, -0.1) is 6.58 Å². The van der Waals surface area contributed by atoms with Gasteiger partial charge in [0.1, 0.15) is 5.75 Å². The summed E-state index contributed by atoms with van der Waals surface area (Å²) in [5, 5.41) is 4.78. The summed E-state index contributed by atoms with van der Waals surface area (Å²) < 4.78 is 5.35. The zero-order valence-electron chi connectivity index (χ0n) is 17.0. The molecule has 0 radical (unpaired) electrons. The molecule has 1 aromatic carbocycles. The summed E-state index contributed by atoms with van der Waals surface area (Å²) in [7, 11) is 1.70. The van der Waals surface area contributed by atoms with E-state index in [1.165, 1.54) is 29.4 Å². The Morgan fingerprint density at radius 1 is 1.26 bits per heavy atom. The third-order valence-corrected chi connectivity index (χ3v) is 5.33. The first-order valence-corrected chi connectivity index (χ1v) is 10.1. The van der Waals surface area contributed by atoms with Crippen LogP contribution in [-0.2, 0) is 6.42 Å². The highest BCUT2D eigenvalue weighted by atomic mass is 16.5. The fourth-order valence-corrected chi connectivity index (χ4v) is 3.58. The van der Waals surface area contributed by atoms with Crippen LogP contribution in [0.2, 0.25) is 0 Å². The normalized spacial score (nSPS) is 12.3. The number of aromatic nitrogens is 1. The number of benzene rings is 1. The van der Waals surface area contributed by atoms with E-state index in [2.05, 4.69) is 29.9 Å². The smallest absolute Gasteiger partial charge is 0.119 e. The molecule has 2 aromatic rings. The van der Waals surface area contributed by atoms with Crippen LogP contribution in [0.25, 0.3) is 10.9 Å². The lowest BCUT2D eigenvalue weighted by Crippen LogP contribution is -2.21. The van der Waals surface area contributed by atoms with Gasteiger partial charge in [-0.2, -0.15) is 0 Å². The number of rotatable bonds is 13. The van der Waals surface area contributed by atoms with Gasteiger partial charge in [0.2, 0.25) is 0 Å². The Kier molecular flexibility index (Phi) is 9.29. The summed E-state index contributed by atoms with van der Waals surface area (Å²) in [4.78, 5) is 4.61. The van der Waals surface area contributed by atoms with Gasteiger partial charge in [0.15, 0.2) is 0 Å². The van der Waals surface area contributed by atoms with E-state index in [0.717, 1.165) is 56.6 Å². The first-order valence-electron chi connectivity index (χ1n) is 10.1. The zero-order valence-corrected chi connectivity index (χ0v) is 17.0. The van der Waals surface area contributed by atoms with E-state index in [1.807, 2.05) is 24.4 Å². The third-order valence-electron chi connectivity index (χ3n) is 5.33. The predicted molar refractivity (Wildman–Crippen MR) is 115 cm³/mol. The molecule has 1 unspecified atom stereocenters.